The van der Waals surface area contributed by atoms with Gasteiger partial charge in [0.05, 0.1) is 29.3 Å². The van der Waals surface area contributed by atoms with Gasteiger partial charge in [-0.3, -0.25) is 0 Å². The van der Waals surface area contributed by atoms with Crippen molar-refractivity contribution in [1.82, 2.24) is 4.90 Å². The molecule has 6 heteroatoms. The van der Waals surface area contributed by atoms with E-state index in [9.17, 15) is 4.79 Å². The van der Waals surface area contributed by atoms with Gasteiger partial charge in [0.2, 0.25) is 0 Å². The average Bonchev–Trinajstić information content (AvgIpc) is 2.69. The number of methoxy groups -OCH3 is 1. The number of carbonyl (C=O) groups excluding carboxylic acids is 1. The fourth-order valence-electron chi connectivity index (χ4n) is 2.12. The fraction of sp³-hybridized carbons (Fsp3) is 0.933. The lowest BCUT2D eigenvalue weighted by Gasteiger charge is -2.25. The molecule has 3 unspecified atom stereocenters. The Morgan fingerprint density at radius 2 is 1.95 bits per heavy atom. The minimum absolute atomic E-state index is 0.0366. The van der Waals surface area contributed by atoms with Gasteiger partial charge in [0.25, 0.3) is 0 Å². The van der Waals surface area contributed by atoms with Gasteiger partial charge in [-0.25, -0.2) is 4.79 Å². The van der Waals surface area contributed by atoms with Gasteiger partial charge in [-0.15, -0.1) is 0 Å². The Morgan fingerprint density at radius 3 is 2.43 bits per heavy atom. The summed E-state index contributed by atoms with van der Waals surface area (Å²) in [6, 6.07) is 0. The summed E-state index contributed by atoms with van der Waals surface area (Å²) in [5, 5.41) is 0. The third-order valence-electron chi connectivity index (χ3n) is 3.37. The van der Waals surface area contributed by atoms with Gasteiger partial charge in [-0.1, -0.05) is 36.4 Å². The molecular weight excluding hydrogens is 385 g/mol. The van der Waals surface area contributed by atoms with E-state index in [0.29, 0.717) is 25.6 Å². The van der Waals surface area contributed by atoms with Crippen molar-refractivity contribution in [3.63, 3.8) is 0 Å². The van der Waals surface area contributed by atoms with Crippen molar-refractivity contribution in [2.24, 2.45) is 5.92 Å². The Labute approximate surface area is 141 Å². The van der Waals surface area contributed by atoms with E-state index in [-0.39, 0.29) is 22.2 Å². The highest BCUT2D eigenvalue weighted by molar-refractivity contribution is 14.1. The lowest BCUT2D eigenvalue weighted by atomic mass is 10.1. The first-order valence-corrected chi connectivity index (χ1v) is 8.65. The summed E-state index contributed by atoms with van der Waals surface area (Å²) in [5.74, 6) is 0.408. The van der Waals surface area contributed by atoms with E-state index in [1.165, 1.54) is 0 Å². The molecule has 0 saturated carbocycles. The summed E-state index contributed by atoms with van der Waals surface area (Å²) in [6.45, 7) is 11.7. The Hall–Kier alpha value is -0.0800. The van der Waals surface area contributed by atoms with Gasteiger partial charge < -0.3 is 19.1 Å². The number of hydrogen-bond donors (Lipinski definition) is 0. The third kappa shape index (κ3) is 6.28. The smallest absolute Gasteiger partial charge is 0.410 e. The quantitative estimate of drug-likeness (QED) is 0.514. The van der Waals surface area contributed by atoms with E-state index >= 15 is 0 Å². The van der Waals surface area contributed by atoms with Gasteiger partial charge in [0.1, 0.15) is 5.60 Å². The van der Waals surface area contributed by atoms with Crippen molar-refractivity contribution >= 4 is 28.7 Å². The monoisotopic (exact) mass is 413 g/mol. The topological polar surface area (TPSA) is 48.0 Å². The number of rotatable bonds is 5. The predicted octanol–water partition coefficient (Wildman–Crippen LogP) is 3.10. The number of ether oxygens (including phenoxy) is 3. The molecule has 0 aliphatic carbocycles. The molecule has 0 aromatic rings. The van der Waals surface area contributed by atoms with Crippen LogP contribution in [-0.2, 0) is 14.2 Å². The molecule has 3 atom stereocenters. The Morgan fingerprint density at radius 1 is 1.33 bits per heavy atom. The second-order valence-electron chi connectivity index (χ2n) is 6.79. The van der Waals surface area contributed by atoms with Crippen molar-refractivity contribution in [2.75, 3.05) is 26.8 Å². The number of alkyl halides is 1. The molecule has 0 N–H and O–H groups in total. The summed E-state index contributed by atoms with van der Waals surface area (Å²) in [7, 11) is 1.71. The first-order chi connectivity index (χ1) is 9.64. The molecule has 5 nitrogen and oxygen atoms in total. The zero-order chi connectivity index (χ0) is 16.2. The molecule has 1 fully saturated rings. The number of carbonyl (C=O) groups is 1. The van der Waals surface area contributed by atoms with Gasteiger partial charge >= 0.3 is 6.09 Å². The molecule has 0 spiro atoms. The second kappa shape index (κ2) is 7.97. The van der Waals surface area contributed by atoms with Crippen LogP contribution in [0.3, 0.4) is 0 Å². The van der Waals surface area contributed by atoms with Crippen LogP contribution in [0.5, 0.6) is 0 Å². The van der Waals surface area contributed by atoms with Crippen LogP contribution in [0.15, 0.2) is 0 Å². The molecule has 1 amide bonds. The van der Waals surface area contributed by atoms with Crippen LogP contribution in [0.2, 0.25) is 0 Å². The van der Waals surface area contributed by atoms with Gasteiger partial charge in [-0.2, -0.15) is 0 Å². The van der Waals surface area contributed by atoms with Crippen LogP contribution >= 0.6 is 22.6 Å². The van der Waals surface area contributed by atoms with Gasteiger partial charge in [0, 0.05) is 13.7 Å². The van der Waals surface area contributed by atoms with Crippen LogP contribution in [0.4, 0.5) is 4.79 Å². The molecule has 0 aromatic carbocycles. The highest BCUT2D eigenvalue weighted by atomic mass is 127. The van der Waals surface area contributed by atoms with Crippen LogP contribution < -0.4 is 0 Å². The zero-order valence-electron chi connectivity index (χ0n) is 13.9. The minimum atomic E-state index is -0.463. The lowest BCUT2D eigenvalue weighted by Crippen LogP contribution is -2.36. The molecule has 0 aromatic heterocycles. The number of halogens is 1. The molecule has 1 saturated heterocycles. The van der Waals surface area contributed by atoms with Crippen LogP contribution in [-0.4, -0.2) is 59.5 Å². The van der Waals surface area contributed by atoms with E-state index in [2.05, 4.69) is 36.4 Å². The number of hydrogen-bond acceptors (Lipinski definition) is 4. The molecule has 0 bridgehead atoms. The molecule has 1 aliphatic heterocycles. The van der Waals surface area contributed by atoms with E-state index in [1.807, 2.05) is 20.8 Å². The number of nitrogens with zero attached hydrogens (tertiary/aromatic N) is 1. The molecule has 1 heterocycles. The molecule has 1 aliphatic rings. The SMILES string of the molecule is COC(COC1CN(C(=O)OC(C)(C)C)CC1I)C(C)C. The standard InChI is InChI=1S/C15H28INO4/c1-10(2)13(19-6)9-20-12-8-17(7-11(12)16)14(18)21-15(3,4)5/h10-13H,7-9H2,1-6H3. The summed E-state index contributed by atoms with van der Waals surface area (Å²) in [6.07, 6.45) is -0.138. The lowest BCUT2D eigenvalue weighted by molar-refractivity contribution is -0.0404. The van der Waals surface area contributed by atoms with Gasteiger partial charge in [0.15, 0.2) is 0 Å². The Bertz CT molecular complexity index is 343. The maximum atomic E-state index is 12.1. The highest BCUT2D eigenvalue weighted by Crippen LogP contribution is 2.23. The van der Waals surface area contributed by atoms with E-state index < -0.39 is 5.60 Å². The molecule has 1 rings (SSSR count). The Kier molecular flexibility index (Phi) is 7.19. The first-order valence-electron chi connectivity index (χ1n) is 7.40. The molecule has 0 radical (unpaired) electrons. The van der Waals surface area contributed by atoms with Crippen LogP contribution in [0, 0.1) is 5.92 Å². The molecular formula is C15H28INO4. The fourth-order valence-corrected chi connectivity index (χ4v) is 3.03. The molecule has 124 valence electrons. The van der Waals surface area contributed by atoms with E-state index in [1.54, 1.807) is 12.0 Å². The summed E-state index contributed by atoms with van der Waals surface area (Å²) in [4.78, 5) is 13.8. The second-order valence-corrected chi connectivity index (χ2v) is 8.39. The summed E-state index contributed by atoms with van der Waals surface area (Å²) in [5.41, 5.74) is -0.463. The average molecular weight is 413 g/mol. The highest BCUT2D eigenvalue weighted by Gasteiger charge is 2.36. The predicted molar refractivity (Wildman–Crippen MR) is 91.0 cm³/mol. The van der Waals surface area contributed by atoms with Gasteiger partial charge in [-0.05, 0) is 26.7 Å². The van der Waals surface area contributed by atoms with Crippen molar-refractivity contribution in [1.29, 1.82) is 0 Å². The maximum Gasteiger partial charge on any atom is 0.410 e. The maximum absolute atomic E-state index is 12.1. The summed E-state index contributed by atoms with van der Waals surface area (Å²) < 4.78 is 17.1. The Balaban J connectivity index is 2.47. The molecule has 21 heavy (non-hydrogen) atoms. The first kappa shape index (κ1) is 19.0. The van der Waals surface area contributed by atoms with Crippen LogP contribution in [0.1, 0.15) is 34.6 Å². The zero-order valence-corrected chi connectivity index (χ0v) is 16.0. The third-order valence-corrected chi connectivity index (χ3v) is 4.57. The van der Waals surface area contributed by atoms with E-state index in [4.69, 9.17) is 14.2 Å². The largest absolute Gasteiger partial charge is 0.444 e. The van der Waals surface area contributed by atoms with Crippen molar-refractivity contribution < 1.29 is 19.0 Å². The minimum Gasteiger partial charge on any atom is -0.444 e. The normalized spacial score (nSPS) is 24.5. The number of likely N-dealkylation sites (tertiary alicyclic amines) is 1. The van der Waals surface area contributed by atoms with Crippen molar-refractivity contribution in [3.05, 3.63) is 0 Å². The van der Waals surface area contributed by atoms with Crippen molar-refractivity contribution in [3.8, 4) is 0 Å². The number of amides is 1. The van der Waals surface area contributed by atoms with E-state index in [0.717, 1.165) is 0 Å². The summed E-state index contributed by atoms with van der Waals surface area (Å²) >= 11 is 2.34. The van der Waals surface area contributed by atoms with Crippen molar-refractivity contribution in [2.45, 2.75) is 56.4 Å². The van der Waals surface area contributed by atoms with Crippen LogP contribution in [0.25, 0.3) is 0 Å².